The number of amides is 2. The fraction of sp³-hybridized carbons (Fsp3) is 0.481. The van der Waals surface area contributed by atoms with Gasteiger partial charge < -0.3 is 25.5 Å². The van der Waals surface area contributed by atoms with Crippen molar-refractivity contribution in [2.45, 2.75) is 63.5 Å². The summed E-state index contributed by atoms with van der Waals surface area (Å²) in [5.41, 5.74) is 0.513. The molecule has 0 radical (unpaired) electrons. The highest BCUT2D eigenvalue weighted by molar-refractivity contribution is 6.09. The zero-order chi connectivity index (χ0) is 28.6. The Hall–Kier alpha value is -3.74. The summed E-state index contributed by atoms with van der Waals surface area (Å²) >= 11 is 0. The van der Waals surface area contributed by atoms with E-state index in [1.807, 2.05) is 0 Å². The van der Waals surface area contributed by atoms with Crippen molar-refractivity contribution in [1.29, 1.82) is 0 Å². The molecule has 40 heavy (non-hydrogen) atoms. The molecule has 9 nitrogen and oxygen atoms in total. The van der Waals surface area contributed by atoms with Gasteiger partial charge >= 0.3 is 6.18 Å². The lowest BCUT2D eigenvalue weighted by Gasteiger charge is -2.32. The molecule has 2 saturated carbocycles. The Kier molecular flexibility index (Phi) is 7.67. The molecule has 0 saturated heterocycles. The third kappa shape index (κ3) is 5.88. The zero-order valence-electron chi connectivity index (χ0n) is 21.6. The first-order valence-corrected chi connectivity index (χ1v) is 13.1. The van der Waals surface area contributed by atoms with Crippen molar-refractivity contribution < 1.29 is 37.0 Å². The lowest BCUT2D eigenvalue weighted by atomic mass is 9.89. The Balaban J connectivity index is 1.43. The van der Waals surface area contributed by atoms with E-state index in [9.17, 15) is 27.2 Å². The minimum atomic E-state index is -4.58. The molecule has 1 aromatic carbocycles. The van der Waals surface area contributed by atoms with Crippen LogP contribution < -0.4 is 15.4 Å². The monoisotopic (exact) mass is 563 g/mol. The van der Waals surface area contributed by atoms with Crippen LogP contribution in [-0.2, 0) is 11.0 Å². The maximum absolute atomic E-state index is 14.7. The van der Waals surface area contributed by atoms with Crippen molar-refractivity contribution in [2.75, 3.05) is 13.2 Å². The van der Waals surface area contributed by atoms with Gasteiger partial charge in [0, 0.05) is 23.7 Å². The van der Waals surface area contributed by atoms with Crippen molar-refractivity contribution in [3.63, 3.8) is 0 Å². The summed E-state index contributed by atoms with van der Waals surface area (Å²) in [7, 11) is 0. The molecule has 214 valence electrons. The molecule has 2 aliphatic rings. The van der Waals surface area contributed by atoms with Gasteiger partial charge in [0.1, 0.15) is 36.1 Å². The summed E-state index contributed by atoms with van der Waals surface area (Å²) in [4.78, 5) is 36.3. The maximum atomic E-state index is 14.7. The second kappa shape index (κ2) is 11.0. The van der Waals surface area contributed by atoms with Gasteiger partial charge in [0.15, 0.2) is 0 Å². The van der Waals surface area contributed by atoms with Crippen LogP contribution in [-0.4, -0.2) is 63.3 Å². The molecule has 3 aromatic rings. The molecule has 0 spiro atoms. The van der Waals surface area contributed by atoms with E-state index in [0.29, 0.717) is 24.6 Å². The van der Waals surface area contributed by atoms with E-state index in [0.717, 1.165) is 25.0 Å². The highest BCUT2D eigenvalue weighted by Crippen LogP contribution is 2.40. The molecular weight excluding hydrogens is 534 g/mol. The van der Waals surface area contributed by atoms with Crippen LogP contribution in [0.3, 0.4) is 0 Å². The average Bonchev–Trinajstić information content (AvgIpc) is 3.67. The number of aliphatic hydroxyl groups is 1. The predicted octanol–water partition coefficient (Wildman–Crippen LogP) is 3.84. The van der Waals surface area contributed by atoms with Crippen molar-refractivity contribution in [3.8, 4) is 17.0 Å². The summed E-state index contributed by atoms with van der Waals surface area (Å²) in [5, 5.41) is 14.1. The summed E-state index contributed by atoms with van der Waals surface area (Å²) in [6, 6.07) is 1.97. The van der Waals surface area contributed by atoms with Gasteiger partial charge in [-0.1, -0.05) is 0 Å². The van der Waals surface area contributed by atoms with Crippen LogP contribution in [0.4, 0.5) is 17.6 Å². The molecule has 13 heteroatoms. The van der Waals surface area contributed by atoms with Crippen molar-refractivity contribution in [3.05, 3.63) is 41.3 Å². The lowest BCUT2D eigenvalue weighted by Crippen LogP contribution is -2.50. The molecule has 2 amide bonds. The van der Waals surface area contributed by atoms with Gasteiger partial charge in [0.2, 0.25) is 5.91 Å². The number of carbonyl (C=O) groups is 2. The van der Waals surface area contributed by atoms with Crippen LogP contribution in [0.5, 0.6) is 5.75 Å². The van der Waals surface area contributed by atoms with Crippen molar-refractivity contribution >= 4 is 22.8 Å². The standard InChI is InChI=1S/C27H29F4N5O4/c1-13-22(26(39)35-16-5-6-19(18(28)9-16)36-21(38)10-37)24-25(34-13)23(32-12-33-24)17-8-15(27(29,30)31)4-7-20(17)40-11-14-2-3-14/h4,7-8,12,14,16,18-19,34,37H,2-3,5-6,9-11H2,1H3,(H,35,39)(H,36,38)/t16-,18+,19+/m0/s1. The number of alkyl halides is 4. The Morgan fingerprint density at radius 3 is 2.60 bits per heavy atom. The van der Waals surface area contributed by atoms with Gasteiger partial charge in [0.05, 0.1) is 29.3 Å². The largest absolute Gasteiger partial charge is 0.493 e. The fourth-order valence-electron chi connectivity index (χ4n) is 5.03. The summed E-state index contributed by atoms with van der Waals surface area (Å²) < 4.78 is 61.3. The van der Waals surface area contributed by atoms with Crippen molar-refractivity contribution in [1.82, 2.24) is 25.6 Å². The minimum absolute atomic E-state index is 0.0321. The number of carbonyl (C=O) groups excluding carboxylic acids is 2. The zero-order valence-corrected chi connectivity index (χ0v) is 21.6. The van der Waals surface area contributed by atoms with Crippen LogP contribution in [0, 0.1) is 12.8 Å². The number of benzene rings is 1. The maximum Gasteiger partial charge on any atom is 0.416 e. The second-order valence-electron chi connectivity index (χ2n) is 10.4. The summed E-state index contributed by atoms with van der Waals surface area (Å²) in [5.74, 6) is -0.565. The first-order valence-electron chi connectivity index (χ1n) is 13.1. The second-order valence-corrected chi connectivity index (χ2v) is 10.4. The van der Waals surface area contributed by atoms with E-state index < -0.39 is 48.4 Å². The first kappa shape index (κ1) is 27.8. The molecule has 4 N–H and O–H groups in total. The number of aliphatic hydroxyl groups excluding tert-OH is 1. The quantitative estimate of drug-likeness (QED) is 0.309. The summed E-state index contributed by atoms with van der Waals surface area (Å²) in [6.45, 7) is 1.28. The average molecular weight is 564 g/mol. The number of H-pyrrole nitrogens is 1. The predicted molar refractivity (Wildman–Crippen MR) is 136 cm³/mol. The number of aromatic nitrogens is 3. The van der Waals surface area contributed by atoms with Gasteiger partial charge in [-0.25, -0.2) is 14.4 Å². The normalized spacial score (nSPS) is 21.3. The molecule has 2 heterocycles. The number of halogens is 4. The number of ether oxygens (including phenoxy) is 1. The van der Waals surface area contributed by atoms with Gasteiger partial charge in [0.25, 0.3) is 5.91 Å². The van der Waals surface area contributed by atoms with E-state index in [1.54, 1.807) is 6.92 Å². The molecule has 2 aromatic heterocycles. The number of nitrogens with one attached hydrogen (secondary N) is 3. The highest BCUT2D eigenvalue weighted by atomic mass is 19.4. The molecule has 2 aliphatic carbocycles. The number of hydrogen-bond donors (Lipinski definition) is 4. The Bertz CT molecular complexity index is 1420. The Morgan fingerprint density at radius 1 is 1.15 bits per heavy atom. The van der Waals surface area contributed by atoms with Crippen LogP contribution in [0.1, 0.15) is 53.7 Å². The van der Waals surface area contributed by atoms with Crippen molar-refractivity contribution in [2.24, 2.45) is 5.92 Å². The number of rotatable bonds is 8. The van der Waals surface area contributed by atoms with Gasteiger partial charge in [-0.15, -0.1) is 0 Å². The molecule has 0 unspecified atom stereocenters. The van der Waals surface area contributed by atoms with Gasteiger partial charge in [-0.05, 0) is 56.7 Å². The van der Waals surface area contributed by atoms with Crippen LogP contribution in [0.2, 0.25) is 0 Å². The Morgan fingerprint density at radius 2 is 1.93 bits per heavy atom. The molecule has 0 aliphatic heterocycles. The van der Waals surface area contributed by atoms with Gasteiger partial charge in [-0.2, -0.15) is 13.2 Å². The molecule has 3 atom stereocenters. The van der Waals surface area contributed by atoms with Crippen LogP contribution in [0.25, 0.3) is 22.3 Å². The third-order valence-corrected chi connectivity index (χ3v) is 7.33. The number of aromatic amines is 1. The van der Waals surface area contributed by atoms with Gasteiger partial charge in [-0.3, -0.25) is 9.59 Å². The van der Waals surface area contributed by atoms with E-state index in [-0.39, 0.29) is 46.4 Å². The number of hydrogen-bond acceptors (Lipinski definition) is 6. The van der Waals surface area contributed by atoms with Crippen LogP contribution in [0.15, 0.2) is 24.5 Å². The number of nitrogens with zero attached hydrogens (tertiary/aromatic N) is 2. The van der Waals surface area contributed by atoms with E-state index in [2.05, 4.69) is 25.6 Å². The van der Waals surface area contributed by atoms with E-state index >= 15 is 0 Å². The number of fused-ring (bicyclic) bond motifs is 1. The first-order chi connectivity index (χ1) is 19.0. The lowest BCUT2D eigenvalue weighted by molar-refractivity contribution is -0.137. The topological polar surface area (TPSA) is 129 Å². The third-order valence-electron chi connectivity index (χ3n) is 7.33. The minimum Gasteiger partial charge on any atom is -0.493 e. The van der Waals surface area contributed by atoms with Crippen LogP contribution >= 0.6 is 0 Å². The molecule has 2 fully saturated rings. The fourth-order valence-corrected chi connectivity index (χ4v) is 5.03. The SMILES string of the molecule is Cc1[nH]c2c(-c3cc(C(F)(F)F)ccc3OCC3CC3)ncnc2c1C(=O)N[C@H]1CC[C@@H](NC(=O)CO)[C@H](F)C1. The molecule has 0 bridgehead atoms. The molecule has 5 rings (SSSR count). The number of aryl methyl sites for hydroxylation is 1. The highest BCUT2D eigenvalue weighted by Gasteiger charge is 2.34. The smallest absolute Gasteiger partial charge is 0.416 e. The summed E-state index contributed by atoms with van der Waals surface area (Å²) in [6.07, 6.45) is -2.17. The molecular formula is C27H29F4N5O4. The van der Waals surface area contributed by atoms with E-state index in [1.165, 1.54) is 12.4 Å². The van der Waals surface area contributed by atoms with E-state index in [4.69, 9.17) is 9.84 Å². The Labute approximate surface area is 226 Å².